The molecule has 0 N–H and O–H groups in total. The van der Waals surface area contributed by atoms with Crippen LogP contribution in [-0.4, -0.2) is 4.92 Å². The first-order chi connectivity index (χ1) is 8.13. The van der Waals surface area contributed by atoms with E-state index in [1.807, 2.05) is 31.2 Å². The van der Waals surface area contributed by atoms with E-state index in [9.17, 15) is 10.1 Å². The van der Waals surface area contributed by atoms with Crippen LogP contribution in [0.3, 0.4) is 0 Å². The second kappa shape index (κ2) is 4.41. The van der Waals surface area contributed by atoms with Gasteiger partial charge in [-0.3, -0.25) is 10.1 Å². The van der Waals surface area contributed by atoms with Gasteiger partial charge in [-0.25, -0.2) is 0 Å². The van der Waals surface area contributed by atoms with Crippen LogP contribution < -0.4 is 0 Å². The molecule has 0 bridgehead atoms. The Morgan fingerprint density at radius 3 is 2.82 bits per heavy atom. The van der Waals surface area contributed by atoms with Crippen molar-refractivity contribution in [2.75, 3.05) is 0 Å². The predicted octanol–water partition coefficient (Wildman–Crippen LogP) is 3.77. The Labute approximate surface area is 98.7 Å². The highest BCUT2D eigenvalue weighted by Crippen LogP contribution is 2.27. The summed E-state index contributed by atoms with van der Waals surface area (Å²) in [6.07, 6.45) is 1.99. The average molecular weight is 231 g/mol. The number of hydrogen-bond acceptors (Lipinski definition) is 3. The van der Waals surface area contributed by atoms with Crippen LogP contribution >= 0.6 is 0 Å². The SMILES string of the molecule is CC/C(=C/c1c(C)oc2ccccc12)[N+](=O)[O-]. The van der Waals surface area contributed by atoms with Crippen molar-refractivity contribution < 1.29 is 9.34 Å². The molecule has 2 aromatic rings. The number of benzene rings is 1. The number of aryl methyl sites for hydroxylation is 1. The average Bonchev–Trinajstić information content (AvgIpc) is 2.61. The number of para-hydroxylation sites is 1. The third-order valence-corrected chi connectivity index (χ3v) is 2.73. The number of fused-ring (bicyclic) bond motifs is 1. The Bertz CT molecular complexity index is 596. The molecule has 0 fully saturated rings. The molecular weight excluding hydrogens is 218 g/mol. The second-order valence-electron chi connectivity index (χ2n) is 3.81. The van der Waals surface area contributed by atoms with E-state index < -0.39 is 0 Å². The van der Waals surface area contributed by atoms with E-state index in [-0.39, 0.29) is 10.6 Å². The Balaban J connectivity index is 2.62. The van der Waals surface area contributed by atoms with Crippen LogP contribution in [0.5, 0.6) is 0 Å². The van der Waals surface area contributed by atoms with Gasteiger partial charge in [-0.05, 0) is 13.0 Å². The topological polar surface area (TPSA) is 56.3 Å². The van der Waals surface area contributed by atoms with Crippen LogP contribution in [0.4, 0.5) is 0 Å². The maximum absolute atomic E-state index is 10.8. The molecule has 2 rings (SSSR count). The summed E-state index contributed by atoms with van der Waals surface area (Å²) in [7, 11) is 0. The van der Waals surface area contributed by atoms with Crippen molar-refractivity contribution in [3.8, 4) is 0 Å². The molecule has 4 heteroatoms. The van der Waals surface area contributed by atoms with Gasteiger partial charge in [-0.2, -0.15) is 0 Å². The molecule has 0 saturated carbocycles. The zero-order valence-corrected chi connectivity index (χ0v) is 9.77. The van der Waals surface area contributed by atoms with Gasteiger partial charge in [0.15, 0.2) is 0 Å². The molecule has 0 spiro atoms. The second-order valence-corrected chi connectivity index (χ2v) is 3.81. The highest BCUT2D eigenvalue weighted by atomic mass is 16.6. The summed E-state index contributed by atoms with van der Waals surface area (Å²) in [5, 5.41) is 11.7. The van der Waals surface area contributed by atoms with Crippen LogP contribution in [0.25, 0.3) is 17.0 Å². The van der Waals surface area contributed by atoms with Crippen molar-refractivity contribution in [2.45, 2.75) is 20.3 Å². The van der Waals surface area contributed by atoms with Crippen molar-refractivity contribution in [2.24, 2.45) is 0 Å². The monoisotopic (exact) mass is 231 g/mol. The lowest BCUT2D eigenvalue weighted by atomic mass is 10.1. The molecule has 0 radical (unpaired) electrons. The third kappa shape index (κ3) is 2.06. The summed E-state index contributed by atoms with van der Waals surface area (Å²) in [5.41, 5.74) is 1.75. The number of nitrogens with zero attached hydrogens (tertiary/aromatic N) is 1. The van der Waals surface area contributed by atoms with Gasteiger partial charge in [0.05, 0.1) is 4.92 Å². The summed E-state index contributed by atoms with van der Waals surface area (Å²) in [6.45, 7) is 3.59. The van der Waals surface area contributed by atoms with E-state index in [4.69, 9.17) is 4.42 Å². The van der Waals surface area contributed by atoms with E-state index in [0.717, 1.165) is 16.5 Å². The molecule has 0 amide bonds. The largest absolute Gasteiger partial charge is 0.461 e. The smallest absolute Gasteiger partial charge is 0.246 e. The molecule has 17 heavy (non-hydrogen) atoms. The minimum atomic E-state index is -0.346. The van der Waals surface area contributed by atoms with Gasteiger partial charge in [0, 0.05) is 23.4 Å². The number of nitro groups is 1. The molecule has 0 aliphatic carbocycles. The van der Waals surface area contributed by atoms with E-state index in [0.29, 0.717) is 12.2 Å². The minimum absolute atomic E-state index is 0.194. The fraction of sp³-hybridized carbons (Fsp3) is 0.231. The number of hydrogen-bond donors (Lipinski definition) is 0. The normalized spacial score (nSPS) is 12.0. The minimum Gasteiger partial charge on any atom is -0.461 e. The number of furan rings is 1. The predicted molar refractivity (Wildman–Crippen MR) is 66.2 cm³/mol. The summed E-state index contributed by atoms with van der Waals surface area (Å²) in [4.78, 5) is 10.5. The van der Waals surface area contributed by atoms with Gasteiger partial charge in [0.2, 0.25) is 5.70 Å². The lowest BCUT2D eigenvalue weighted by Crippen LogP contribution is -1.96. The Morgan fingerprint density at radius 2 is 2.18 bits per heavy atom. The lowest BCUT2D eigenvalue weighted by Gasteiger charge is -1.94. The fourth-order valence-corrected chi connectivity index (χ4v) is 1.82. The van der Waals surface area contributed by atoms with Crippen molar-refractivity contribution in [1.82, 2.24) is 0 Å². The van der Waals surface area contributed by atoms with Crippen molar-refractivity contribution in [1.29, 1.82) is 0 Å². The zero-order valence-electron chi connectivity index (χ0n) is 9.77. The van der Waals surface area contributed by atoms with Crippen molar-refractivity contribution in [3.05, 3.63) is 51.4 Å². The molecule has 0 saturated heterocycles. The lowest BCUT2D eigenvalue weighted by molar-refractivity contribution is -0.425. The highest BCUT2D eigenvalue weighted by Gasteiger charge is 2.13. The maximum Gasteiger partial charge on any atom is 0.246 e. The standard InChI is InChI=1S/C13H13NO3/c1-3-10(14(15)16)8-12-9(2)17-13-7-5-4-6-11(12)13/h4-8H,3H2,1-2H3/b10-8-. The van der Waals surface area contributed by atoms with E-state index >= 15 is 0 Å². The van der Waals surface area contributed by atoms with Crippen LogP contribution in [0.1, 0.15) is 24.7 Å². The fourth-order valence-electron chi connectivity index (χ4n) is 1.82. The van der Waals surface area contributed by atoms with E-state index in [2.05, 4.69) is 0 Å². The van der Waals surface area contributed by atoms with E-state index in [1.54, 1.807) is 13.0 Å². The van der Waals surface area contributed by atoms with E-state index in [1.165, 1.54) is 0 Å². The van der Waals surface area contributed by atoms with Crippen molar-refractivity contribution in [3.63, 3.8) is 0 Å². The van der Waals surface area contributed by atoms with Gasteiger partial charge in [0.1, 0.15) is 11.3 Å². The van der Waals surface area contributed by atoms with Gasteiger partial charge >= 0.3 is 0 Å². The summed E-state index contributed by atoms with van der Waals surface area (Å²) < 4.78 is 5.56. The molecule has 0 atom stereocenters. The third-order valence-electron chi connectivity index (χ3n) is 2.73. The molecule has 88 valence electrons. The Hall–Kier alpha value is -2.10. The molecule has 1 heterocycles. The van der Waals surface area contributed by atoms with Crippen LogP contribution in [0.2, 0.25) is 0 Å². The Morgan fingerprint density at radius 1 is 1.47 bits per heavy atom. The molecule has 4 nitrogen and oxygen atoms in total. The molecule has 0 unspecified atom stereocenters. The maximum atomic E-state index is 10.8. The molecule has 1 aromatic heterocycles. The number of allylic oxidation sites excluding steroid dienone is 1. The summed E-state index contributed by atoms with van der Waals surface area (Å²) >= 11 is 0. The van der Waals surface area contributed by atoms with Crippen LogP contribution in [0, 0.1) is 17.0 Å². The molecule has 1 aromatic carbocycles. The van der Waals surface area contributed by atoms with Gasteiger partial charge in [0.25, 0.3) is 0 Å². The first-order valence-electron chi connectivity index (χ1n) is 5.46. The molecule has 0 aliphatic heterocycles. The zero-order chi connectivity index (χ0) is 12.4. The van der Waals surface area contributed by atoms with Gasteiger partial charge in [-0.15, -0.1) is 0 Å². The van der Waals surface area contributed by atoms with Gasteiger partial charge < -0.3 is 4.42 Å². The quantitative estimate of drug-likeness (QED) is 0.596. The first-order valence-corrected chi connectivity index (χ1v) is 5.46. The number of rotatable bonds is 3. The van der Waals surface area contributed by atoms with Crippen LogP contribution in [-0.2, 0) is 0 Å². The highest BCUT2D eigenvalue weighted by molar-refractivity contribution is 5.88. The summed E-state index contributed by atoms with van der Waals surface area (Å²) in [5.74, 6) is 0.707. The van der Waals surface area contributed by atoms with Crippen LogP contribution in [0.15, 0.2) is 34.4 Å². The van der Waals surface area contributed by atoms with Crippen molar-refractivity contribution >= 4 is 17.0 Å². The first kappa shape index (κ1) is 11.4. The van der Waals surface area contributed by atoms with Gasteiger partial charge in [-0.1, -0.05) is 25.1 Å². The molecular formula is C13H13NO3. The molecule has 0 aliphatic rings. The Kier molecular flexibility index (Phi) is 2.95. The summed E-state index contributed by atoms with van der Waals surface area (Å²) in [6, 6.07) is 7.54.